The molecule has 0 aliphatic heterocycles. The first-order chi connectivity index (χ1) is 10.7. The molecule has 0 saturated heterocycles. The Morgan fingerprint density at radius 2 is 2.18 bits per heavy atom. The minimum absolute atomic E-state index is 0.634. The molecule has 7 heteroatoms. The zero-order valence-electron chi connectivity index (χ0n) is 12.4. The molecule has 0 spiro atoms. The highest BCUT2D eigenvalue weighted by atomic mass is 32.1. The first-order valence-electron chi connectivity index (χ1n) is 6.86. The van der Waals surface area contributed by atoms with Gasteiger partial charge >= 0.3 is 0 Å². The summed E-state index contributed by atoms with van der Waals surface area (Å²) in [6.07, 6.45) is 0.729. The van der Waals surface area contributed by atoms with E-state index >= 15 is 0 Å². The molecule has 0 atom stereocenters. The molecule has 0 aliphatic rings. The van der Waals surface area contributed by atoms with Gasteiger partial charge in [-0.25, -0.2) is 9.97 Å². The minimum atomic E-state index is 0.634. The summed E-state index contributed by atoms with van der Waals surface area (Å²) in [5.41, 5.74) is 3.14. The van der Waals surface area contributed by atoms with E-state index in [0.29, 0.717) is 6.61 Å². The van der Waals surface area contributed by atoms with Crippen LogP contribution in [0.1, 0.15) is 11.5 Å². The maximum Gasteiger partial charge on any atom is 0.207 e. The van der Waals surface area contributed by atoms with Crippen LogP contribution in [0.15, 0.2) is 29.6 Å². The lowest BCUT2D eigenvalue weighted by Gasteiger charge is -2.03. The van der Waals surface area contributed by atoms with Gasteiger partial charge in [-0.2, -0.15) is 4.37 Å². The van der Waals surface area contributed by atoms with Crippen LogP contribution in [0.25, 0.3) is 10.6 Å². The van der Waals surface area contributed by atoms with E-state index in [-0.39, 0.29) is 0 Å². The second-order valence-electron chi connectivity index (χ2n) is 4.76. The molecule has 0 unspecified atom stereocenters. The Labute approximate surface area is 137 Å². The summed E-state index contributed by atoms with van der Waals surface area (Å²) < 4.78 is 9.35. The number of thiazole rings is 1. The largest absolute Gasteiger partial charge is 0.384 e. The fourth-order valence-electron chi connectivity index (χ4n) is 1.94. The van der Waals surface area contributed by atoms with E-state index in [4.69, 9.17) is 4.74 Å². The van der Waals surface area contributed by atoms with Gasteiger partial charge in [0, 0.05) is 47.4 Å². The van der Waals surface area contributed by atoms with Crippen molar-refractivity contribution in [2.24, 2.45) is 0 Å². The lowest BCUT2D eigenvalue weighted by atomic mass is 10.2. The number of nitrogens with zero attached hydrogens (tertiary/aromatic N) is 3. The van der Waals surface area contributed by atoms with Crippen molar-refractivity contribution < 1.29 is 4.74 Å². The van der Waals surface area contributed by atoms with E-state index in [9.17, 15) is 0 Å². The van der Waals surface area contributed by atoms with Crippen molar-refractivity contribution in [1.29, 1.82) is 0 Å². The second kappa shape index (κ2) is 6.95. The number of anilines is 2. The minimum Gasteiger partial charge on any atom is -0.384 e. The normalized spacial score (nSPS) is 10.8. The highest BCUT2D eigenvalue weighted by molar-refractivity contribution is 7.13. The van der Waals surface area contributed by atoms with Gasteiger partial charge in [0.2, 0.25) is 5.13 Å². The molecule has 2 aromatic heterocycles. The van der Waals surface area contributed by atoms with Crippen molar-refractivity contribution in [1.82, 2.24) is 14.3 Å². The van der Waals surface area contributed by atoms with Crippen LogP contribution in [0.2, 0.25) is 0 Å². The van der Waals surface area contributed by atoms with Gasteiger partial charge in [-0.3, -0.25) is 0 Å². The molecule has 22 heavy (non-hydrogen) atoms. The van der Waals surface area contributed by atoms with E-state index in [1.807, 2.05) is 19.1 Å². The maximum atomic E-state index is 5.04. The molecular weight excluding hydrogens is 316 g/mol. The van der Waals surface area contributed by atoms with E-state index in [2.05, 4.69) is 37.2 Å². The van der Waals surface area contributed by atoms with E-state index in [1.54, 1.807) is 18.4 Å². The Balaban J connectivity index is 1.74. The predicted molar refractivity (Wildman–Crippen MR) is 91.1 cm³/mol. The molecule has 3 rings (SSSR count). The summed E-state index contributed by atoms with van der Waals surface area (Å²) in [7, 11) is 1.68. The summed E-state index contributed by atoms with van der Waals surface area (Å²) in [5, 5.41) is 7.17. The fourth-order valence-corrected chi connectivity index (χ4v) is 3.37. The Kier molecular flexibility index (Phi) is 4.77. The number of ether oxygens (including phenoxy) is 1. The topological polar surface area (TPSA) is 59.9 Å². The van der Waals surface area contributed by atoms with Crippen LogP contribution in [0.4, 0.5) is 10.8 Å². The van der Waals surface area contributed by atoms with Crippen LogP contribution in [-0.4, -0.2) is 28.1 Å². The van der Waals surface area contributed by atoms with Gasteiger partial charge in [-0.1, -0.05) is 12.1 Å². The predicted octanol–water partition coefficient (Wildman–Crippen LogP) is 3.90. The van der Waals surface area contributed by atoms with Crippen LogP contribution in [-0.2, 0) is 11.2 Å². The van der Waals surface area contributed by atoms with Crippen molar-refractivity contribution in [2.75, 3.05) is 19.0 Å². The Bertz CT molecular complexity index is 753. The van der Waals surface area contributed by atoms with Gasteiger partial charge in [-0.05, 0) is 19.1 Å². The van der Waals surface area contributed by atoms with Crippen LogP contribution >= 0.6 is 22.9 Å². The second-order valence-corrected chi connectivity index (χ2v) is 6.37. The van der Waals surface area contributed by atoms with Crippen molar-refractivity contribution >= 4 is 33.7 Å². The number of nitrogens with one attached hydrogen (secondary N) is 1. The highest BCUT2D eigenvalue weighted by Crippen LogP contribution is 2.27. The molecule has 0 bridgehead atoms. The average molecular weight is 332 g/mol. The number of hydrogen-bond donors (Lipinski definition) is 1. The molecule has 0 aliphatic carbocycles. The van der Waals surface area contributed by atoms with Crippen LogP contribution in [0.5, 0.6) is 0 Å². The molecule has 0 fully saturated rings. The molecule has 114 valence electrons. The van der Waals surface area contributed by atoms with E-state index in [0.717, 1.165) is 39.3 Å². The molecular formula is C15H16N4OS2. The van der Waals surface area contributed by atoms with E-state index in [1.165, 1.54) is 11.5 Å². The fraction of sp³-hybridized carbons (Fsp3) is 0.267. The maximum absolute atomic E-state index is 5.04. The van der Waals surface area contributed by atoms with Crippen LogP contribution in [0, 0.1) is 6.92 Å². The Morgan fingerprint density at radius 3 is 2.95 bits per heavy atom. The summed E-state index contributed by atoms with van der Waals surface area (Å²) in [6, 6.07) is 8.17. The smallest absolute Gasteiger partial charge is 0.207 e. The summed E-state index contributed by atoms with van der Waals surface area (Å²) in [5.74, 6) is 0.807. The first-order valence-corrected chi connectivity index (χ1v) is 8.51. The molecule has 1 aromatic carbocycles. The Morgan fingerprint density at radius 1 is 1.27 bits per heavy atom. The van der Waals surface area contributed by atoms with Crippen molar-refractivity contribution in [2.45, 2.75) is 13.3 Å². The number of aromatic nitrogens is 3. The van der Waals surface area contributed by atoms with Crippen molar-refractivity contribution in [3.8, 4) is 10.6 Å². The summed E-state index contributed by atoms with van der Waals surface area (Å²) >= 11 is 3.01. The van der Waals surface area contributed by atoms with Crippen LogP contribution < -0.4 is 5.32 Å². The molecule has 3 aromatic rings. The molecule has 2 heterocycles. The van der Waals surface area contributed by atoms with Crippen molar-refractivity contribution in [3.05, 3.63) is 41.2 Å². The summed E-state index contributed by atoms with van der Waals surface area (Å²) in [4.78, 5) is 8.97. The van der Waals surface area contributed by atoms with E-state index < -0.39 is 0 Å². The number of rotatable bonds is 6. The zero-order valence-corrected chi connectivity index (χ0v) is 14.0. The van der Waals surface area contributed by atoms with Gasteiger partial charge in [-0.15, -0.1) is 11.3 Å². The first kappa shape index (κ1) is 15.1. The van der Waals surface area contributed by atoms with Crippen LogP contribution in [0.3, 0.4) is 0 Å². The van der Waals surface area contributed by atoms with Gasteiger partial charge in [0.15, 0.2) is 0 Å². The molecule has 5 nitrogen and oxygen atoms in total. The van der Waals surface area contributed by atoms with Gasteiger partial charge in [0.05, 0.1) is 6.61 Å². The third kappa shape index (κ3) is 3.68. The zero-order chi connectivity index (χ0) is 15.4. The van der Waals surface area contributed by atoms with Gasteiger partial charge < -0.3 is 10.1 Å². The third-order valence-electron chi connectivity index (χ3n) is 2.98. The van der Waals surface area contributed by atoms with Crippen molar-refractivity contribution in [3.63, 3.8) is 0 Å². The monoisotopic (exact) mass is 332 g/mol. The number of hydrogen-bond acceptors (Lipinski definition) is 7. The molecule has 0 amide bonds. The highest BCUT2D eigenvalue weighted by Gasteiger charge is 2.06. The Hall–Kier alpha value is -1.83. The number of benzene rings is 1. The standard InChI is InChI=1S/C15H16N4OS2/c1-10-9-21-14(16-10)11-4-3-5-12(8-11)17-15-18-13(19-22-15)6-7-20-2/h3-5,8-9H,6-7H2,1-2H3,(H,17,18,19). The average Bonchev–Trinajstić information content (AvgIpc) is 3.15. The SMILES string of the molecule is COCCc1nsc(Nc2cccc(-c3nc(C)cs3)c2)n1. The van der Waals surface area contributed by atoms with Gasteiger partial charge in [0.1, 0.15) is 10.8 Å². The van der Waals surface area contributed by atoms with Gasteiger partial charge in [0.25, 0.3) is 0 Å². The molecule has 0 radical (unpaired) electrons. The lowest BCUT2D eigenvalue weighted by molar-refractivity contribution is 0.201. The summed E-state index contributed by atoms with van der Waals surface area (Å²) in [6.45, 7) is 2.64. The third-order valence-corrected chi connectivity index (χ3v) is 4.66. The number of methoxy groups -OCH3 is 1. The molecule has 1 N–H and O–H groups in total. The lowest BCUT2D eigenvalue weighted by Crippen LogP contribution is -1.97. The number of aryl methyl sites for hydroxylation is 1. The molecule has 0 saturated carbocycles. The quantitative estimate of drug-likeness (QED) is 0.742.